The number of benzene rings is 3. The number of para-hydroxylation sites is 1. The SMILES string of the molecule is N#CC(=Cc1ccccc1OCc1c(Cl)cccc1Cl)S(=O)(=O)c1ccc(Cl)cc1. The molecule has 0 aliphatic heterocycles. The van der Waals surface area contributed by atoms with Gasteiger partial charge in [0.2, 0.25) is 9.84 Å². The van der Waals surface area contributed by atoms with Crippen LogP contribution in [0, 0.1) is 11.3 Å². The molecular formula is C22H14Cl3NO3S. The number of ether oxygens (including phenoxy) is 1. The van der Waals surface area contributed by atoms with Crippen molar-refractivity contribution >= 4 is 50.7 Å². The van der Waals surface area contributed by atoms with E-state index in [1.807, 2.05) is 0 Å². The van der Waals surface area contributed by atoms with Gasteiger partial charge < -0.3 is 4.74 Å². The number of allylic oxidation sites excluding steroid dienone is 1. The van der Waals surface area contributed by atoms with E-state index in [-0.39, 0.29) is 11.5 Å². The Labute approximate surface area is 189 Å². The Morgan fingerprint density at radius 2 is 1.57 bits per heavy atom. The smallest absolute Gasteiger partial charge is 0.216 e. The van der Waals surface area contributed by atoms with Crippen molar-refractivity contribution in [3.05, 3.63) is 97.8 Å². The fourth-order valence-electron chi connectivity index (χ4n) is 2.60. The van der Waals surface area contributed by atoms with Gasteiger partial charge in [0.25, 0.3) is 0 Å². The lowest BCUT2D eigenvalue weighted by atomic mass is 10.2. The van der Waals surface area contributed by atoms with Crippen LogP contribution in [0.2, 0.25) is 15.1 Å². The Bertz CT molecular complexity index is 1230. The molecule has 0 fully saturated rings. The second kappa shape index (κ2) is 9.55. The van der Waals surface area contributed by atoms with E-state index in [1.165, 1.54) is 30.3 Å². The van der Waals surface area contributed by atoms with E-state index in [2.05, 4.69) is 0 Å². The van der Waals surface area contributed by atoms with Crippen molar-refractivity contribution in [1.82, 2.24) is 0 Å². The van der Waals surface area contributed by atoms with E-state index in [9.17, 15) is 13.7 Å². The molecule has 0 aliphatic rings. The van der Waals surface area contributed by atoms with E-state index in [0.29, 0.717) is 31.9 Å². The van der Waals surface area contributed by atoms with Gasteiger partial charge >= 0.3 is 0 Å². The summed E-state index contributed by atoms with van der Waals surface area (Å²) in [6.07, 6.45) is 1.27. The van der Waals surface area contributed by atoms with Crippen molar-refractivity contribution in [1.29, 1.82) is 5.26 Å². The van der Waals surface area contributed by atoms with E-state index in [1.54, 1.807) is 48.5 Å². The van der Waals surface area contributed by atoms with Crippen molar-refractivity contribution in [2.75, 3.05) is 0 Å². The lowest BCUT2D eigenvalue weighted by molar-refractivity contribution is 0.306. The van der Waals surface area contributed by atoms with Gasteiger partial charge in [-0.15, -0.1) is 0 Å². The van der Waals surface area contributed by atoms with Gasteiger partial charge in [-0.3, -0.25) is 0 Å². The Kier molecular flexibility index (Phi) is 7.06. The van der Waals surface area contributed by atoms with Crippen molar-refractivity contribution in [2.24, 2.45) is 0 Å². The number of hydrogen-bond acceptors (Lipinski definition) is 4. The third-order valence-electron chi connectivity index (χ3n) is 4.16. The summed E-state index contributed by atoms with van der Waals surface area (Å²) in [7, 11) is -4.02. The first-order valence-electron chi connectivity index (χ1n) is 8.60. The van der Waals surface area contributed by atoms with E-state index in [4.69, 9.17) is 39.5 Å². The maximum Gasteiger partial charge on any atom is 0.216 e. The standard InChI is InChI=1S/C22H14Cl3NO3S/c23-16-8-10-17(11-9-16)30(27,28)18(13-26)12-15-4-1-2-7-22(15)29-14-19-20(24)5-3-6-21(19)25/h1-12H,14H2. The second-order valence-electron chi connectivity index (χ2n) is 6.10. The third kappa shape index (κ3) is 4.97. The largest absolute Gasteiger partial charge is 0.488 e. The number of sulfone groups is 1. The summed E-state index contributed by atoms with van der Waals surface area (Å²) in [5.74, 6) is 0.382. The van der Waals surface area contributed by atoms with Crippen molar-refractivity contribution in [2.45, 2.75) is 11.5 Å². The van der Waals surface area contributed by atoms with Gasteiger partial charge in [-0.1, -0.05) is 59.1 Å². The van der Waals surface area contributed by atoms with Crippen LogP contribution in [0.4, 0.5) is 0 Å². The van der Waals surface area contributed by atoms with Gasteiger partial charge in [0.05, 0.1) is 4.90 Å². The van der Waals surface area contributed by atoms with Crippen LogP contribution < -0.4 is 4.74 Å². The van der Waals surface area contributed by atoms with Gasteiger partial charge in [0, 0.05) is 26.2 Å². The summed E-state index contributed by atoms with van der Waals surface area (Å²) in [6.45, 7) is 0.0786. The zero-order valence-electron chi connectivity index (χ0n) is 15.3. The van der Waals surface area contributed by atoms with E-state index in [0.717, 1.165) is 0 Å². The number of nitriles is 1. The second-order valence-corrected chi connectivity index (χ2v) is 9.27. The van der Waals surface area contributed by atoms with E-state index < -0.39 is 14.7 Å². The minimum atomic E-state index is -4.02. The number of rotatable bonds is 6. The van der Waals surface area contributed by atoms with Crippen LogP contribution in [-0.4, -0.2) is 8.42 Å². The van der Waals surface area contributed by atoms with Gasteiger partial charge in [-0.05, 0) is 48.5 Å². The summed E-state index contributed by atoms with van der Waals surface area (Å²) in [4.78, 5) is -0.447. The molecule has 0 heterocycles. The van der Waals surface area contributed by atoms with Gasteiger partial charge in [0.1, 0.15) is 23.3 Å². The minimum absolute atomic E-state index is 0.0269. The predicted molar refractivity (Wildman–Crippen MR) is 119 cm³/mol. The van der Waals surface area contributed by atoms with Crippen LogP contribution in [0.3, 0.4) is 0 Å². The van der Waals surface area contributed by atoms with Crippen LogP contribution in [0.1, 0.15) is 11.1 Å². The highest BCUT2D eigenvalue weighted by atomic mass is 35.5. The number of nitrogens with zero attached hydrogens (tertiary/aromatic N) is 1. The van der Waals surface area contributed by atoms with Crippen molar-refractivity contribution < 1.29 is 13.2 Å². The highest BCUT2D eigenvalue weighted by Gasteiger charge is 2.21. The molecule has 0 aliphatic carbocycles. The molecule has 0 atom stereocenters. The fourth-order valence-corrected chi connectivity index (χ4v) is 4.39. The average molecular weight is 479 g/mol. The lowest BCUT2D eigenvalue weighted by Crippen LogP contribution is -2.04. The molecule has 0 saturated heterocycles. The maximum absolute atomic E-state index is 12.8. The Hall–Kier alpha value is -2.49. The molecule has 0 N–H and O–H groups in total. The lowest BCUT2D eigenvalue weighted by Gasteiger charge is -2.12. The van der Waals surface area contributed by atoms with Gasteiger partial charge in [-0.2, -0.15) is 5.26 Å². The molecule has 152 valence electrons. The molecule has 0 amide bonds. The third-order valence-corrected chi connectivity index (χ3v) is 6.80. The summed E-state index contributed by atoms with van der Waals surface area (Å²) >= 11 is 18.2. The molecule has 0 saturated carbocycles. The first kappa shape index (κ1) is 22.2. The maximum atomic E-state index is 12.8. The molecular weight excluding hydrogens is 465 g/mol. The molecule has 0 spiro atoms. The summed E-state index contributed by atoms with van der Waals surface area (Å²) in [5.41, 5.74) is 1.03. The molecule has 0 radical (unpaired) electrons. The molecule has 4 nitrogen and oxygen atoms in total. The Morgan fingerprint density at radius 1 is 0.933 bits per heavy atom. The summed E-state index contributed by atoms with van der Waals surface area (Å²) in [5, 5.41) is 10.8. The minimum Gasteiger partial charge on any atom is -0.488 e. The topological polar surface area (TPSA) is 67.2 Å². The van der Waals surface area contributed by atoms with Crippen molar-refractivity contribution in [3.8, 4) is 11.8 Å². The van der Waals surface area contributed by atoms with Crippen LogP contribution in [-0.2, 0) is 16.4 Å². The monoisotopic (exact) mass is 477 g/mol. The summed E-state index contributed by atoms with van der Waals surface area (Å²) < 4.78 is 31.5. The number of hydrogen-bond donors (Lipinski definition) is 0. The van der Waals surface area contributed by atoms with Gasteiger partial charge in [0.15, 0.2) is 0 Å². The molecule has 3 aromatic carbocycles. The van der Waals surface area contributed by atoms with Crippen LogP contribution >= 0.6 is 34.8 Å². The molecule has 8 heteroatoms. The molecule has 0 bridgehead atoms. The Morgan fingerprint density at radius 3 is 2.20 bits per heavy atom. The molecule has 30 heavy (non-hydrogen) atoms. The zero-order valence-corrected chi connectivity index (χ0v) is 18.4. The molecule has 3 aromatic rings. The van der Waals surface area contributed by atoms with E-state index >= 15 is 0 Å². The van der Waals surface area contributed by atoms with Crippen molar-refractivity contribution in [3.63, 3.8) is 0 Å². The van der Waals surface area contributed by atoms with Crippen LogP contribution in [0.15, 0.2) is 76.5 Å². The Balaban J connectivity index is 1.95. The number of halogens is 3. The highest BCUT2D eigenvalue weighted by Crippen LogP contribution is 2.29. The fraction of sp³-hybridized carbons (Fsp3) is 0.0455. The zero-order chi connectivity index (χ0) is 21.7. The molecule has 3 rings (SSSR count). The average Bonchev–Trinajstić information content (AvgIpc) is 2.72. The quantitative estimate of drug-likeness (QED) is 0.376. The van der Waals surface area contributed by atoms with Crippen LogP contribution in [0.25, 0.3) is 6.08 Å². The molecule has 0 unspecified atom stereocenters. The predicted octanol–water partition coefficient (Wildman–Crippen LogP) is 6.56. The highest BCUT2D eigenvalue weighted by molar-refractivity contribution is 7.95. The normalized spacial score (nSPS) is 11.7. The summed E-state index contributed by atoms with van der Waals surface area (Å²) in [6, 6.07) is 19.3. The first-order chi connectivity index (χ1) is 14.3. The first-order valence-corrected chi connectivity index (χ1v) is 11.2. The van der Waals surface area contributed by atoms with Gasteiger partial charge in [-0.25, -0.2) is 8.42 Å². The molecule has 0 aromatic heterocycles. The van der Waals surface area contributed by atoms with Crippen LogP contribution in [0.5, 0.6) is 5.75 Å².